The van der Waals surface area contributed by atoms with E-state index in [1.54, 1.807) is 42.6 Å². The Labute approximate surface area is 170 Å². The van der Waals surface area contributed by atoms with Gasteiger partial charge in [-0.2, -0.15) is 5.10 Å². The van der Waals surface area contributed by atoms with Gasteiger partial charge in [-0.25, -0.2) is 5.43 Å². The molecule has 0 aliphatic heterocycles. The number of amides is 2. The Bertz CT molecular complexity index is 1040. The number of nitrogens with one attached hydrogen (secondary N) is 2. The number of aryl methyl sites for hydroxylation is 1. The van der Waals surface area contributed by atoms with Crippen molar-refractivity contribution in [1.29, 1.82) is 0 Å². The van der Waals surface area contributed by atoms with E-state index in [4.69, 9.17) is 0 Å². The van der Waals surface area contributed by atoms with E-state index in [1.165, 1.54) is 6.20 Å². The van der Waals surface area contributed by atoms with Gasteiger partial charge in [-0.15, -0.1) is 0 Å². The first kappa shape index (κ1) is 19.4. The predicted octanol–water partition coefficient (Wildman–Crippen LogP) is 4.17. The highest BCUT2D eigenvalue weighted by molar-refractivity contribution is 9.10. The second-order valence-corrected chi connectivity index (χ2v) is 6.89. The largest absolute Gasteiger partial charge is 0.320 e. The highest BCUT2D eigenvalue weighted by Crippen LogP contribution is 2.21. The van der Waals surface area contributed by atoms with E-state index in [9.17, 15) is 9.59 Å². The zero-order valence-corrected chi connectivity index (χ0v) is 16.6. The van der Waals surface area contributed by atoms with Gasteiger partial charge in [-0.05, 0) is 42.8 Å². The average Bonchev–Trinajstić information content (AvgIpc) is 2.70. The molecule has 1 heterocycles. The normalized spacial score (nSPS) is 10.6. The highest BCUT2D eigenvalue weighted by atomic mass is 79.9. The Morgan fingerprint density at radius 2 is 1.89 bits per heavy atom. The zero-order valence-electron chi connectivity index (χ0n) is 15.0. The number of benzene rings is 2. The molecular formula is C21H17BrN4O2. The lowest BCUT2D eigenvalue weighted by Gasteiger charge is -2.10. The molecule has 0 fully saturated rings. The van der Waals surface area contributed by atoms with Gasteiger partial charge in [0.15, 0.2) is 0 Å². The molecule has 0 saturated carbocycles. The van der Waals surface area contributed by atoms with Crippen LogP contribution in [0.4, 0.5) is 5.69 Å². The number of rotatable bonds is 5. The van der Waals surface area contributed by atoms with Crippen molar-refractivity contribution in [3.8, 4) is 0 Å². The molecule has 0 aliphatic rings. The van der Waals surface area contributed by atoms with Gasteiger partial charge in [0, 0.05) is 10.7 Å². The predicted molar refractivity (Wildman–Crippen MR) is 113 cm³/mol. The van der Waals surface area contributed by atoms with Crippen LogP contribution in [0.3, 0.4) is 0 Å². The fourth-order valence-electron chi connectivity index (χ4n) is 2.47. The van der Waals surface area contributed by atoms with Crippen molar-refractivity contribution in [2.24, 2.45) is 5.10 Å². The van der Waals surface area contributed by atoms with Crippen molar-refractivity contribution in [3.05, 3.63) is 93.7 Å². The molecule has 3 rings (SSSR count). The third-order valence-electron chi connectivity index (χ3n) is 3.79. The van der Waals surface area contributed by atoms with E-state index < -0.39 is 11.8 Å². The number of carbonyl (C=O) groups excluding carboxylic acids is 2. The summed E-state index contributed by atoms with van der Waals surface area (Å²) in [5.41, 5.74) is 5.36. The van der Waals surface area contributed by atoms with Crippen LogP contribution in [0, 0.1) is 6.92 Å². The van der Waals surface area contributed by atoms with E-state index in [0.29, 0.717) is 10.2 Å². The van der Waals surface area contributed by atoms with E-state index in [-0.39, 0.29) is 11.3 Å². The number of hydrazone groups is 1. The summed E-state index contributed by atoms with van der Waals surface area (Å²) in [6.45, 7) is 1.98. The second kappa shape index (κ2) is 9.05. The molecule has 0 saturated heterocycles. The van der Waals surface area contributed by atoms with Crippen molar-refractivity contribution in [3.63, 3.8) is 0 Å². The molecular weight excluding hydrogens is 420 g/mol. The maximum absolute atomic E-state index is 12.6. The van der Waals surface area contributed by atoms with Crippen molar-refractivity contribution in [2.45, 2.75) is 6.92 Å². The number of carbonyl (C=O) groups is 2. The zero-order chi connectivity index (χ0) is 19.9. The van der Waals surface area contributed by atoms with Crippen LogP contribution in [-0.2, 0) is 0 Å². The third kappa shape index (κ3) is 5.11. The van der Waals surface area contributed by atoms with Crippen LogP contribution >= 0.6 is 15.9 Å². The first-order chi connectivity index (χ1) is 13.5. The van der Waals surface area contributed by atoms with Crippen LogP contribution < -0.4 is 10.7 Å². The molecule has 1 aromatic heterocycles. The molecule has 6 nitrogen and oxygen atoms in total. The summed E-state index contributed by atoms with van der Waals surface area (Å²) >= 11 is 3.35. The van der Waals surface area contributed by atoms with Gasteiger partial charge in [0.05, 0.1) is 17.5 Å². The van der Waals surface area contributed by atoms with Crippen molar-refractivity contribution in [2.75, 3.05) is 5.32 Å². The molecule has 2 N–H and O–H groups in total. The average molecular weight is 437 g/mol. The summed E-state index contributed by atoms with van der Waals surface area (Å²) in [6.07, 6.45) is 3.10. The Morgan fingerprint density at radius 1 is 1.04 bits per heavy atom. The Balaban J connectivity index is 1.76. The van der Waals surface area contributed by atoms with Gasteiger partial charge in [0.1, 0.15) is 5.69 Å². The van der Waals surface area contributed by atoms with Gasteiger partial charge in [-0.3, -0.25) is 14.6 Å². The van der Waals surface area contributed by atoms with E-state index >= 15 is 0 Å². The molecule has 28 heavy (non-hydrogen) atoms. The number of hydrogen-bond acceptors (Lipinski definition) is 4. The quantitative estimate of drug-likeness (QED) is 0.464. The maximum Gasteiger partial charge on any atom is 0.274 e. The summed E-state index contributed by atoms with van der Waals surface area (Å²) in [7, 11) is 0. The lowest BCUT2D eigenvalue weighted by molar-refractivity contribution is 0.0956. The standard InChI is InChI=1S/C21H17BrN4O2/c1-14-5-4-6-15(11-14)13-24-26-20(27)17-12-16(22)8-9-18(17)25-21(28)19-7-2-3-10-23-19/h2-13H,1H3,(H,25,28)(H,26,27). The van der Waals surface area contributed by atoms with Gasteiger partial charge < -0.3 is 5.32 Å². The first-order valence-electron chi connectivity index (χ1n) is 8.45. The number of nitrogens with zero attached hydrogens (tertiary/aromatic N) is 2. The summed E-state index contributed by atoms with van der Waals surface area (Å²) in [5.74, 6) is -0.846. The van der Waals surface area contributed by atoms with Crippen molar-refractivity contribution < 1.29 is 9.59 Å². The summed E-state index contributed by atoms with van der Waals surface area (Å²) in [4.78, 5) is 29.0. The Hall–Kier alpha value is -3.32. The highest BCUT2D eigenvalue weighted by Gasteiger charge is 2.15. The molecule has 7 heteroatoms. The second-order valence-electron chi connectivity index (χ2n) is 5.97. The van der Waals surface area contributed by atoms with Gasteiger partial charge >= 0.3 is 0 Å². The SMILES string of the molecule is Cc1cccc(C=NNC(=O)c2cc(Br)ccc2NC(=O)c2ccccn2)c1. The van der Waals surface area contributed by atoms with Gasteiger partial charge in [-0.1, -0.05) is 51.8 Å². The lowest BCUT2D eigenvalue weighted by atomic mass is 10.1. The molecule has 0 bridgehead atoms. The number of anilines is 1. The maximum atomic E-state index is 12.6. The molecule has 0 spiro atoms. The van der Waals surface area contributed by atoms with Crippen LogP contribution in [0.5, 0.6) is 0 Å². The molecule has 0 unspecified atom stereocenters. The monoisotopic (exact) mass is 436 g/mol. The van der Waals surface area contributed by atoms with Crippen LogP contribution in [0.1, 0.15) is 32.0 Å². The van der Waals surface area contributed by atoms with Crippen LogP contribution in [0.15, 0.2) is 76.4 Å². The van der Waals surface area contributed by atoms with Crippen LogP contribution in [0.2, 0.25) is 0 Å². The molecule has 2 aromatic carbocycles. The number of pyridine rings is 1. The summed E-state index contributed by atoms with van der Waals surface area (Å²) < 4.78 is 0.705. The minimum absolute atomic E-state index is 0.259. The number of halogens is 1. The molecule has 2 amide bonds. The Kier molecular flexibility index (Phi) is 6.29. The van der Waals surface area contributed by atoms with Crippen LogP contribution in [0.25, 0.3) is 0 Å². The van der Waals surface area contributed by atoms with Crippen LogP contribution in [-0.4, -0.2) is 23.0 Å². The molecule has 140 valence electrons. The topological polar surface area (TPSA) is 83.5 Å². The molecule has 0 atom stereocenters. The van der Waals surface area contributed by atoms with Gasteiger partial charge in [0.2, 0.25) is 0 Å². The minimum Gasteiger partial charge on any atom is -0.320 e. The molecule has 3 aromatic rings. The fraction of sp³-hybridized carbons (Fsp3) is 0.0476. The van der Waals surface area contributed by atoms with E-state index in [2.05, 4.69) is 36.8 Å². The van der Waals surface area contributed by atoms with Crippen molar-refractivity contribution in [1.82, 2.24) is 10.4 Å². The summed E-state index contributed by atoms with van der Waals surface area (Å²) in [6, 6.07) is 17.8. The molecule has 0 aliphatic carbocycles. The van der Waals surface area contributed by atoms with Crippen molar-refractivity contribution >= 4 is 39.6 Å². The van der Waals surface area contributed by atoms with E-state index in [1.807, 2.05) is 31.2 Å². The lowest BCUT2D eigenvalue weighted by Crippen LogP contribution is -2.21. The first-order valence-corrected chi connectivity index (χ1v) is 9.24. The smallest absolute Gasteiger partial charge is 0.274 e. The van der Waals surface area contributed by atoms with E-state index in [0.717, 1.165) is 11.1 Å². The number of hydrogen-bond donors (Lipinski definition) is 2. The summed E-state index contributed by atoms with van der Waals surface area (Å²) in [5, 5.41) is 6.72. The third-order valence-corrected chi connectivity index (χ3v) is 4.29. The van der Waals surface area contributed by atoms with Gasteiger partial charge in [0.25, 0.3) is 11.8 Å². The Morgan fingerprint density at radius 3 is 2.64 bits per heavy atom. The molecule has 0 radical (unpaired) electrons. The fourth-order valence-corrected chi connectivity index (χ4v) is 2.83. The minimum atomic E-state index is -0.443. The number of aromatic nitrogens is 1.